The van der Waals surface area contributed by atoms with Crippen molar-refractivity contribution in [2.24, 2.45) is 17.3 Å². The topological polar surface area (TPSA) is 77.5 Å². The monoisotopic (exact) mass is 311 g/mol. The van der Waals surface area contributed by atoms with Gasteiger partial charge < -0.3 is 9.90 Å². The molecule has 104 valence electrons. The van der Waals surface area contributed by atoms with E-state index < -0.39 is 17.3 Å². The van der Waals surface area contributed by atoms with E-state index >= 15 is 0 Å². The summed E-state index contributed by atoms with van der Waals surface area (Å²) in [5.74, 6) is -2.64. The zero-order chi connectivity index (χ0) is 14.7. The summed E-state index contributed by atoms with van der Waals surface area (Å²) < 4.78 is 0. The molecule has 1 aromatic carbocycles. The van der Waals surface area contributed by atoms with Crippen molar-refractivity contribution < 1.29 is 70.9 Å². The Balaban J connectivity index is 0.00000161. The number of carbonyl (C=O) groups excluding carboxylic acids is 3. The minimum Gasteiger partial charge on any atom is -0.550 e. The molecule has 1 fully saturated rings. The predicted molar refractivity (Wildman–Crippen MR) is 67.6 cm³/mol. The van der Waals surface area contributed by atoms with Crippen molar-refractivity contribution in [3.8, 4) is 0 Å². The molecule has 0 saturated heterocycles. The van der Waals surface area contributed by atoms with Crippen LogP contribution in [-0.4, -0.2) is 29.2 Å². The SMILES string of the molecule is CC1(C)C(CN2C(=O)c3ccccc3C2=O)C1C(=O)[O-].[K+]. The van der Waals surface area contributed by atoms with Gasteiger partial charge in [0.2, 0.25) is 0 Å². The summed E-state index contributed by atoms with van der Waals surface area (Å²) in [5, 5.41) is 11.0. The fraction of sp³-hybridized carbons (Fsp3) is 0.400. The van der Waals surface area contributed by atoms with Gasteiger partial charge in [-0.05, 0) is 23.5 Å². The van der Waals surface area contributed by atoms with E-state index in [1.165, 1.54) is 0 Å². The molecule has 1 aromatic rings. The van der Waals surface area contributed by atoms with Crippen LogP contribution in [0, 0.1) is 17.3 Å². The Labute approximate surface area is 165 Å². The molecule has 1 aliphatic heterocycles. The normalized spacial score (nSPS) is 25.3. The van der Waals surface area contributed by atoms with Gasteiger partial charge in [0.25, 0.3) is 11.8 Å². The van der Waals surface area contributed by atoms with Gasteiger partial charge in [-0.2, -0.15) is 0 Å². The van der Waals surface area contributed by atoms with Gasteiger partial charge in [-0.3, -0.25) is 14.5 Å². The van der Waals surface area contributed by atoms with Crippen molar-refractivity contribution >= 4 is 17.8 Å². The summed E-state index contributed by atoms with van der Waals surface area (Å²) in [6.45, 7) is 3.77. The first kappa shape index (κ1) is 16.8. The van der Waals surface area contributed by atoms with Crippen LogP contribution < -0.4 is 56.5 Å². The van der Waals surface area contributed by atoms with E-state index in [2.05, 4.69) is 0 Å². The van der Waals surface area contributed by atoms with Gasteiger partial charge in [0.1, 0.15) is 0 Å². The van der Waals surface area contributed by atoms with Crippen molar-refractivity contribution in [1.82, 2.24) is 4.90 Å². The number of nitrogens with zero attached hydrogens (tertiary/aromatic N) is 1. The minimum atomic E-state index is -1.11. The van der Waals surface area contributed by atoms with Crippen LogP contribution in [0.25, 0.3) is 0 Å². The van der Waals surface area contributed by atoms with Crippen LogP contribution in [0.3, 0.4) is 0 Å². The first-order valence-electron chi connectivity index (χ1n) is 6.51. The fourth-order valence-corrected chi connectivity index (χ4v) is 3.15. The van der Waals surface area contributed by atoms with Gasteiger partial charge in [-0.1, -0.05) is 26.0 Å². The molecule has 0 radical (unpaired) electrons. The molecule has 1 heterocycles. The Bertz CT molecular complexity index is 605. The third-order valence-electron chi connectivity index (χ3n) is 4.56. The maximum atomic E-state index is 12.2. The van der Waals surface area contributed by atoms with Crippen molar-refractivity contribution in [2.75, 3.05) is 6.54 Å². The Kier molecular flexibility index (Phi) is 4.48. The molecule has 0 aromatic heterocycles. The van der Waals surface area contributed by atoms with Crippen LogP contribution in [0.15, 0.2) is 24.3 Å². The second kappa shape index (κ2) is 5.59. The average Bonchev–Trinajstić information content (AvgIpc) is 2.86. The average molecular weight is 311 g/mol. The molecule has 2 aliphatic rings. The Hall–Kier alpha value is -0.534. The number of rotatable bonds is 3. The summed E-state index contributed by atoms with van der Waals surface area (Å²) in [6.07, 6.45) is 0. The molecular weight excluding hydrogens is 297 g/mol. The number of carboxylic acid groups (broad SMARTS) is 1. The van der Waals surface area contributed by atoms with Crippen LogP contribution in [-0.2, 0) is 4.79 Å². The summed E-state index contributed by atoms with van der Waals surface area (Å²) in [5.41, 5.74) is 0.343. The van der Waals surface area contributed by atoms with Crippen molar-refractivity contribution in [2.45, 2.75) is 13.8 Å². The summed E-state index contributed by atoms with van der Waals surface area (Å²) >= 11 is 0. The van der Waals surface area contributed by atoms with E-state index in [-0.39, 0.29) is 75.7 Å². The predicted octanol–water partition coefficient (Wildman–Crippen LogP) is -2.69. The number of imide groups is 1. The zero-order valence-corrected chi connectivity index (χ0v) is 15.4. The third-order valence-corrected chi connectivity index (χ3v) is 4.56. The van der Waals surface area contributed by atoms with Crippen molar-refractivity contribution in [3.63, 3.8) is 0 Å². The number of carbonyl (C=O) groups is 3. The molecule has 0 N–H and O–H groups in total. The van der Waals surface area contributed by atoms with Gasteiger partial charge in [0.05, 0.1) is 11.1 Å². The quantitative estimate of drug-likeness (QED) is 0.450. The summed E-state index contributed by atoms with van der Waals surface area (Å²) in [6, 6.07) is 6.64. The number of aliphatic carboxylic acids is 1. The summed E-state index contributed by atoms with van der Waals surface area (Å²) in [7, 11) is 0. The molecule has 2 amide bonds. The zero-order valence-electron chi connectivity index (χ0n) is 12.3. The van der Waals surface area contributed by atoms with Crippen LogP contribution in [0.1, 0.15) is 34.6 Å². The molecule has 6 heteroatoms. The largest absolute Gasteiger partial charge is 1.00 e. The van der Waals surface area contributed by atoms with E-state index in [4.69, 9.17) is 0 Å². The fourth-order valence-electron chi connectivity index (χ4n) is 3.15. The second-order valence-electron chi connectivity index (χ2n) is 5.99. The molecule has 5 nitrogen and oxygen atoms in total. The van der Waals surface area contributed by atoms with Crippen LogP contribution in [0.4, 0.5) is 0 Å². The van der Waals surface area contributed by atoms with Gasteiger partial charge in [0.15, 0.2) is 0 Å². The van der Waals surface area contributed by atoms with Gasteiger partial charge in [-0.15, -0.1) is 0 Å². The number of carboxylic acids is 1. The Morgan fingerprint density at radius 3 is 2.05 bits per heavy atom. The Morgan fingerprint density at radius 2 is 1.67 bits per heavy atom. The molecular formula is C15H14KNO4. The number of hydrogen-bond donors (Lipinski definition) is 0. The molecule has 3 rings (SSSR count). The van der Waals surface area contributed by atoms with E-state index in [1.54, 1.807) is 24.3 Å². The first-order chi connectivity index (χ1) is 9.35. The third kappa shape index (κ3) is 2.53. The Morgan fingerprint density at radius 1 is 1.19 bits per heavy atom. The number of hydrogen-bond acceptors (Lipinski definition) is 4. The van der Waals surface area contributed by atoms with Crippen LogP contribution in [0.2, 0.25) is 0 Å². The van der Waals surface area contributed by atoms with E-state index in [0.29, 0.717) is 11.1 Å². The molecule has 0 spiro atoms. The van der Waals surface area contributed by atoms with Crippen LogP contribution in [0.5, 0.6) is 0 Å². The molecule has 1 saturated carbocycles. The van der Waals surface area contributed by atoms with E-state index in [0.717, 1.165) is 4.90 Å². The summed E-state index contributed by atoms with van der Waals surface area (Å²) in [4.78, 5) is 36.6. The number of benzene rings is 1. The molecule has 1 aliphatic carbocycles. The molecule has 21 heavy (non-hydrogen) atoms. The molecule has 2 atom stereocenters. The number of fused-ring (bicyclic) bond motifs is 1. The van der Waals surface area contributed by atoms with E-state index in [9.17, 15) is 19.5 Å². The number of amides is 2. The van der Waals surface area contributed by atoms with Gasteiger partial charge in [-0.25, -0.2) is 0 Å². The first-order valence-corrected chi connectivity index (χ1v) is 6.51. The molecule has 0 bridgehead atoms. The second-order valence-corrected chi connectivity index (χ2v) is 5.99. The maximum Gasteiger partial charge on any atom is 1.00 e. The van der Waals surface area contributed by atoms with Crippen LogP contribution >= 0.6 is 0 Å². The van der Waals surface area contributed by atoms with E-state index in [1.807, 2.05) is 13.8 Å². The van der Waals surface area contributed by atoms with Crippen molar-refractivity contribution in [3.05, 3.63) is 35.4 Å². The van der Waals surface area contributed by atoms with Gasteiger partial charge >= 0.3 is 51.4 Å². The minimum absolute atomic E-state index is 0. The van der Waals surface area contributed by atoms with Crippen molar-refractivity contribution in [1.29, 1.82) is 0 Å². The molecule has 2 unspecified atom stereocenters. The standard InChI is InChI=1S/C15H15NO4.K/c1-15(2)10(11(15)14(19)20)7-16-12(17)8-5-3-4-6-9(8)13(16)18;/h3-6,10-11H,7H2,1-2H3,(H,19,20);/q;+1/p-1. The smallest absolute Gasteiger partial charge is 0.550 e. The maximum absolute atomic E-state index is 12.2. The van der Waals surface area contributed by atoms with Gasteiger partial charge in [0, 0.05) is 18.4 Å².